The summed E-state index contributed by atoms with van der Waals surface area (Å²) < 4.78 is 6.08. The Labute approximate surface area is 94.7 Å². The highest BCUT2D eigenvalue weighted by Crippen LogP contribution is 2.27. The van der Waals surface area contributed by atoms with Gasteiger partial charge in [-0.25, -0.2) is 4.79 Å². The lowest BCUT2D eigenvalue weighted by molar-refractivity contribution is -0.0550. The van der Waals surface area contributed by atoms with E-state index < -0.39 is 42.4 Å². The van der Waals surface area contributed by atoms with Crippen molar-refractivity contribution in [2.24, 2.45) is 0 Å². The molecule has 17 heavy (non-hydrogen) atoms. The van der Waals surface area contributed by atoms with Crippen molar-refractivity contribution in [1.29, 1.82) is 0 Å². The van der Waals surface area contributed by atoms with Gasteiger partial charge in [-0.1, -0.05) is 0 Å². The standard InChI is InChI=1S/C9H12N2O6/c12-3-4-6(14)7(15)8(17-4)11-2-1-5(13)10-9(11)16/h1-2,4,6-8,12,14-15H,3H2,(H,10,13,16)/t4-,6-,7?,8-/m1/s1. The van der Waals surface area contributed by atoms with Crippen LogP contribution in [-0.4, -0.2) is 49.8 Å². The summed E-state index contributed by atoms with van der Waals surface area (Å²) in [5.74, 6) is 0. The number of ether oxygens (including phenoxy) is 1. The average molecular weight is 244 g/mol. The van der Waals surface area contributed by atoms with Gasteiger partial charge in [0.2, 0.25) is 0 Å². The smallest absolute Gasteiger partial charge is 0.330 e. The van der Waals surface area contributed by atoms with Crippen molar-refractivity contribution < 1.29 is 20.1 Å². The normalized spacial score (nSPS) is 32.9. The SMILES string of the molecule is O=c1ccn([C@@H]2O[C@H](CO)[C@@H](O)C2O)c(=O)[nH]1. The van der Waals surface area contributed by atoms with Crippen LogP contribution < -0.4 is 11.2 Å². The summed E-state index contributed by atoms with van der Waals surface area (Å²) in [4.78, 5) is 24.3. The molecule has 1 aromatic heterocycles. The van der Waals surface area contributed by atoms with Gasteiger partial charge in [0, 0.05) is 12.3 Å². The number of aliphatic hydroxyl groups is 3. The van der Waals surface area contributed by atoms with Gasteiger partial charge in [-0.05, 0) is 0 Å². The highest BCUT2D eigenvalue weighted by molar-refractivity contribution is 4.92. The largest absolute Gasteiger partial charge is 0.394 e. The van der Waals surface area contributed by atoms with Crippen LogP contribution >= 0.6 is 0 Å². The third-order valence-corrected chi connectivity index (χ3v) is 2.64. The molecule has 0 spiro atoms. The number of hydrogen-bond donors (Lipinski definition) is 4. The van der Waals surface area contributed by atoms with Crippen molar-refractivity contribution in [3.05, 3.63) is 33.1 Å². The molecule has 8 nitrogen and oxygen atoms in total. The Bertz CT molecular complexity index is 509. The third kappa shape index (κ3) is 2.03. The zero-order valence-electron chi connectivity index (χ0n) is 8.68. The molecule has 0 saturated carbocycles. The van der Waals surface area contributed by atoms with Crippen LogP contribution in [0.3, 0.4) is 0 Å². The van der Waals surface area contributed by atoms with Crippen LogP contribution in [0.15, 0.2) is 21.9 Å². The van der Waals surface area contributed by atoms with Crippen molar-refractivity contribution in [3.63, 3.8) is 0 Å². The molecule has 4 N–H and O–H groups in total. The van der Waals surface area contributed by atoms with Gasteiger partial charge in [-0.15, -0.1) is 0 Å². The quantitative estimate of drug-likeness (QED) is 0.444. The second-order valence-electron chi connectivity index (χ2n) is 3.75. The van der Waals surface area contributed by atoms with Crippen LogP contribution in [0.2, 0.25) is 0 Å². The van der Waals surface area contributed by atoms with Crippen molar-refractivity contribution >= 4 is 0 Å². The van der Waals surface area contributed by atoms with E-state index in [1.54, 1.807) is 0 Å². The van der Waals surface area contributed by atoms with Crippen molar-refractivity contribution in [2.75, 3.05) is 6.61 Å². The summed E-state index contributed by atoms with van der Waals surface area (Å²) in [6.07, 6.45) is -3.58. The van der Waals surface area contributed by atoms with Crippen LogP contribution in [0.1, 0.15) is 6.23 Å². The molecule has 1 saturated heterocycles. The fourth-order valence-electron chi connectivity index (χ4n) is 1.74. The van der Waals surface area contributed by atoms with E-state index in [0.717, 1.165) is 16.8 Å². The van der Waals surface area contributed by atoms with E-state index in [1.165, 1.54) is 0 Å². The maximum absolute atomic E-state index is 11.4. The maximum atomic E-state index is 11.4. The predicted molar refractivity (Wildman–Crippen MR) is 54.3 cm³/mol. The molecule has 1 aromatic rings. The summed E-state index contributed by atoms with van der Waals surface area (Å²) in [5, 5.41) is 28.1. The van der Waals surface area contributed by atoms with E-state index >= 15 is 0 Å². The Hall–Kier alpha value is -1.48. The molecule has 0 aliphatic carbocycles. The summed E-state index contributed by atoms with van der Waals surface area (Å²) in [7, 11) is 0. The van der Waals surface area contributed by atoms with Crippen LogP contribution in [0.4, 0.5) is 0 Å². The Morgan fingerprint density at radius 1 is 1.35 bits per heavy atom. The number of nitrogens with one attached hydrogen (secondary N) is 1. The number of rotatable bonds is 2. The fraction of sp³-hybridized carbons (Fsp3) is 0.556. The van der Waals surface area contributed by atoms with Gasteiger partial charge in [0.25, 0.3) is 5.56 Å². The molecule has 2 rings (SSSR count). The Morgan fingerprint density at radius 3 is 2.59 bits per heavy atom. The first-order valence-electron chi connectivity index (χ1n) is 4.98. The van der Waals surface area contributed by atoms with Crippen molar-refractivity contribution in [1.82, 2.24) is 9.55 Å². The maximum Gasteiger partial charge on any atom is 0.330 e. The molecule has 1 aliphatic heterocycles. The lowest BCUT2D eigenvalue weighted by Crippen LogP contribution is -2.37. The molecule has 1 unspecified atom stereocenters. The number of aliphatic hydroxyl groups excluding tert-OH is 3. The van der Waals surface area contributed by atoms with Crippen molar-refractivity contribution in [3.8, 4) is 0 Å². The van der Waals surface area contributed by atoms with Gasteiger partial charge in [0.15, 0.2) is 6.23 Å². The minimum absolute atomic E-state index is 0.479. The molecule has 8 heteroatoms. The van der Waals surface area contributed by atoms with E-state index in [0.29, 0.717) is 0 Å². The zero-order chi connectivity index (χ0) is 12.6. The van der Waals surface area contributed by atoms with E-state index in [-0.39, 0.29) is 0 Å². The van der Waals surface area contributed by atoms with Crippen LogP contribution in [-0.2, 0) is 4.74 Å². The minimum Gasteiger partial charge on any atom is -0.394 e. The van der Waals surface area contributed by atoms with E-state index in [1.807, 2.05) is 4.98 Å². The van der Waals surface area contributed by atoms with Gasteiger partial charge >= 0.3 is 5.69 Å². The molecule has 2 heterocycles. The van der Waals surface area contributed by atoms with Crippen LogP contribution in [0.25, 0.3) is 0 Å². The van der Waals surface area contributed by atoms with Gasteiger partial charge in [0.1, 0.15) is 18.3 Å². The number of hydrogen-bond acceptors (Lipinski definition) is 6. The molecular formula is C9H12N2O6. The lowest BCUT2D eigenvalue weighted by atomic mass is 10.1. The van der Waals surface area contributed by atoms with Gasteiger partial charge in [-0.3, -0.25) is 14.3 Å². The Kier molecular flexibility index (Phi) is 3.11. The first-order chi connectivity index (χ1) is 8.04. The van der Waals surface area contributed by atoms with Gasteiger partial charge in [0.05, 0.1) is 6.61 Å². The average Bonchev–Trinajstić information content (AvgIpc) is 2.57. The Morgan fingerprint density at radius 2 is 2.06 bits per heavy atom. The highest BCUT2D eigenvalue weighted by Gasteiger charge is 2.43. The number of aromatic nitrogens is 2. The van der Waals surface area contributed by atoms with Gasteiger partial charge in [-0.2, -0.15) is 0 Å². The predicted octanol–water partition coefficient (Wildman–Crippen LogP) is -2.85. The van der Waals surface area contributed by atoms with Gasteiger partial charge < -0.3 is 20.1 Å². The molecule has 0 amide bonds. The lowest BCUT2D eigenvalue weighted by Gasteiger charge is -2.16. The fourth-order valence-corrected chi connectivity index (χ4v) is 1.74. The van der Waals surface area contributed by atoms with Crippen LogP contribution in [0.5, 0.6) is 0 Å². The monoisotopic (exact) mass is 244 g/mol. The van der Waals surface area contributed by atoms with E-state index in [9.17, 15) is 19.8 Å². The third-order valence-electron chi connectivity index (χ3n) is 2.64. The Balaban J connectivity index is 2.35. The molecule has 1 fully saturated rings. The molecular weight excluding hydrogens is 232 g/mol. The highest BCUT2D eigenvalue weighted by atomic mass is 16.6. The second-order valence-corrected chi connectivity index (χ2v) is 3.75. The zero-order valence-corrected chi connectivity index (χ0v) is 8.68. The van der Waals surface area contributed by atoms with E-state index in [2.05, 4.69) is 0 Å². The second kappa shape index (κ2) is 4.41. The summed E-state index contributed by atoms with van der Waals surface area (Å²) in [6.45, 7) is -0.479. The summed E-state index contributed by atoms with van der Waals surface area (Å²) >= 11 is 0. The minimum atomic E-state index is -1.35. The number of H-pyrrole nitrogens is 1. The molecule has 0 aromatic carbocycles. The molecule has 0 bridgehead atoms. The summed E-state index contributed by atoms with van der Waals surface area (Å²) in [6, 6.07) is 1.09. The van der Waals surface area contributed by atoms with Crippen LogP contribution in [0, 0.1) is 0 Å². The summed E-state index contributed by atoms with van der Waals surface area (Å²) in [5.41, 5.74) is -1.33. The topological polar surface area (TPSA) is 125 Å². The molecule has 4 atom stereocenters. The van der Waals surface area contributed by atoms with E-state index in [4.69, 9.17) is 9.84 Å². The number of aromatic amines is 1. The molecule has 94 valence electrons. The molecule has 1 aliphatic rings. The van der Waals surface area contributed by atoms with Crippen molar-refractivity contribution in [2.45, 2.75) is 24.5 Å². The number of nitrogens with zero attached hydrogens (tertiary/aromatic N) is 1. The first-order valence-corrected chi connectivity index (χ1v) is 4.98. The molecule has 0 radical (unpaired) electrons. The first kappa shape index (κ1) is 12.0.